The molecule has 0 radical (unpaired) electrons. The first kappa shape index (κ1) is 18.3. The zero-order valence-electron chi connectivity index (χ0n) is 16.0. The maximum atomic E-state index is 12.0. The predicted octanol–water partition coefficient (Wildman–Crippen LogP) is 3.77. The molecule has 3 rings (SSSR count). The highest BCUT2D eigenvalue weighted by atomic mass is 16.1. The van der Waals surface area contributed by atoms with Gasteiger partial charge in [0.1, 0.15) is 0 Å². The number of carbonyl (C=O) groups is 1. The summed E-state index contributed by atoms with van der Waals surface area (Å²) < 4.78 is 0. The predicted molar refractivity (Wildman–Crippen MR) is 109 cm³/mol. The summed E-state index contributed by atoms with van der Waals surface area (Å²) in [5.74, 6) is 0.134. The van der Waals surface area contributed by atoms with Crippen LogP contribution in [0.5, 0.6) is 0 Å². The van der Waals surface area contributed by atoms with Gasteiger partial charge in [0.25, 0.3) is 0 Å². The second-order valence-corrected chi connectivity index (χ2v) is 7.13. The summed E-state index contributed by atoms with van der Waals surface area (Å²) in [6.07, 6.45) is 2.52. The molecule has 1 N–H and O–H groups in total. The number of nitrogens with zero attached hydrogens (tertiary/aromatic N) is 2. The summed E-state index contributed by atoms with van der Waals surface area (Å²) in [5, 5.41) is 3.14. The molecule has 1 amide bonds. The van der Waals surface area contributed by atoms with E-state index in [1.807, 2.05) is 21.0 Å². The Bertz CT molecular complexity index is 739. The van der Waals surface area contributed by atoms with Crippen LogP contribution < -0.4 is 15.1 Å². The van der Waals surface area contributed by atoms with E-state index in [0.717, 1.165) is 19.4 Å². The molecule has 2 aromatic rings. The molecule has 1 heterocycles. The molecule has 2 aromatic carbocycles. The molecule has 0 saturated carbocycles. The minimum absolute atomic E-state index is 0.134. The van der Waals surface area contributed by atoms with Crippen molar-refractivity contribution in [3.05, 3.63) is 59.7 Å². The summed E-state index contributed by atoms with van der Waals surface area (Å²) in [4.78, 5) is 16.6. The largest absolute Gasteiger partial charge is 0.378 e. The Morgan fingerprint density at radius 1 is 1.15 bits per heavy atom. The summed E-state index contributed by atoms with van der Waals surface area (Å²) in [6, 6.07) is 17.4. The quantitative estimate of drug-likeness (QED) is 0.825. The fourth-order valence-corrected chi connectivity index (χ4v) is 3.62. The molecule has 0 fully saturated rings. The number of anilines is 2. The van der Waals surface area contributed by atoms with Gasteiger partial charge in [0, 0.05) is 45.0 Å². The van der Waals surface area contributed by atoms with Crippen LogP contribution in [0.25, 0.3) is 0 Å². The maximum Gasteiger partial charge on any atom is 0.220 e. The Morgan fingerprint density at radius 2 is 1.88 bits per heavy atom. The summed E-state index contributed by atoms with van der Waals surface area (Å²) >= 11 is 0. The smallest absolute Gasteiger partial charge is 0.220 e. The van der Waals surface area contributed by atoms with E-state index in [4.69, 9.17) is 0 Å². The average molecular weight is 351 g/mol. The number of nitrogens with one attached hydrogen (secondary N) is 1. The number of benzene rings is 2. The number of fused-ring (bicyclic) bond motifs is 1. The van der Waals surface area contributed by atoms with E-state index >= 15 is 0 Å². The minimum atomic E-state index is 0.134. The first-order chi connectivity index (χ1) is 12.6. The fourth-order valence-electron chi connectivity index (χ4n) is 3.62. The van der Waals surface area contributed by atoms with E-state index in [-0.39, 0.29) is 11.9 Å². The van der Waals surface area contributed by atoms with Gasteiger partial charge in [0.2, 0.25) is 5.91 Å². The molecule has 4 heteroatoms. The van der Waals surface area contributed by atoms with Crippen molar-refractivity contribution < 1.29 is 4.79 Å². The van der Waals surface area contributed by atoms with Crippen LogP contribution in [0, 0.1) is 0 Å². The van der Waals surface area contributed by atoms with Gasteiger partial charge in [-0.05, 0) is 42.2 Å². The van der Waals surface area contributed by atoms with Crippen molar-refractivity contribution in [2.75, 3.05) is 37.0 Å². The number of carbonyl (C=O) groups excluding carboxylic acids is 1. The van der Waals surface area contributed by atoms with E-state index < -0.39 is 0 Å². The summed E-state index contributed by atoms with van der Waals surface area (Å²) in [7, 11) is 4.10. The topological polar surface area (TPSA) is 35.6 Å². The van der Waals surface area contributed by atoms with Gasteiger partial charge >= 0.3 is 0 Å². The number of hydrogen-bond donors (Lipinski definition) is 1. The van der Waals surface area contributed by atoms with Gasteiger partial charge in [0.05, 0.1) is 6.04 Å². The Hall–Kier alpha value is -2.49. The van der Waals surface area contributed by atoms with E-state index in [1.165, 1.54) is 22.5 Å². The molecule has 1 aliphatic heterocycles. The highest BCUT2D eigenvalue weighted by Crippen LogP contribution is 2.35. The lowest BCUT2D eigenvalue weighted by Crippen LogP contribution is -2.37. The summed E-state index contributed by atoms with van der Waals surface area (Å²) in [5.41, 5.74) is 5.11. The number of rotatable bonds is 7. The molecule has 1 aliphatic rings. The highest BCUT2D eigenvalue weighted by Gasteiger charge is 2.27. The van der Waals surface area contributed by atoms with Gasteiger partial charge in [-0.3, -0.25) is 4.79 Å². The molecule has 138 valence electrons. The molecule has 26 heavy (non-hydrogen) atoms. The Kier molecular flexibility index (Phi) is 5.82. The van der Waals surface area contributed by atoms with Crippen molar-refractivity contribution in [3.8, 4) is 0 Å². The number of amides is 1. The first-order valence-corrected chi connectivity index (χ1v) is 9.48. The number of hydrogen-bond acceptors (Lipinski definition) is 3. The third-order valence-electron chi connectivity index (χ3n) is 5.06. The van der Waals surface area contributed by atoms with Crippen LogP contribution >= 0.6 is 0 Å². The molecule has 0 spiro atoms. The van der Waals surface area contributed by atoms with Crippen LogP contribution in [0.15, 0.2) is 48.5 Å². The fraction of sp³-hybridized carbons (Fsp3) is 0.409. The van der Waals surface area contributed by atoms with Crippen LogP contribution in [-0.2, 0) is 11.2 Å². The van der Waals surface area contributed by atoms with E-state index in [2.05, 4.69) is 63.6 Å². The van der Waals surface area contributed by atoms with E-state index in [9.17, 15) is 4.79 Å². The lowest BCUT2D eigenvalue weighted by Gasteiger charge is -2.31. The SMILES string of the molecule is CCCC(=O)NCC(c1ccc(N(C)C)cc1)N1CCc2ccccc21. The zero-order chi connectivity index (χ0) is 18.5. The average Bonchev–Trinajstić information content (AvgIpc) is 3.07. The van der Waals surface area contributed by atoms with Crippen molar-refractivity contribution in [3.63, 3.8) is 0 Å². The van der Waals surface area contributed by atoms with Crippen molar-refractivity contribution in [1.29, 1.82) is 0 Å². The first-order valence-electron chi connectivity index (χ1n) is 9.48. The standard InChI is InChI=1S/C22H29N3O/c1-4-7-22(26)23-16-21(18-10-12-19(13-11-18)24(2)3)25-15-14-17-8-5-6-9-20(17)25/h5-6,8-13,21H,4,7,14-16H2,1-3H3,(H,23,26). The molecule has 0 aliphatic carbocycles. The van der Waals surface area contributed by atoms with Crippen LogP contribution in [0.1, 0.15) is 36.9 Å². The van der Waals surface area contributed by atoms with Gasteiger partial charge in [-0.1, -0.05) is 37.3 Å². The van der Waals surface area contributed by atoms with Crippen LogP contribution in [0.2, 0.25) is 0 Å². The van der Waals surface area contributed by atoms with Gasteiger partial charge in [-0.15, -0.1) is 0 Å². The Labute approximate surface area is 156 Å². The second kappa shape index (κ2) is 8.26. The molecule has 1 unspecified atom stereocenters. The van der Waals surface area contributed by atoms with E-state index in [1.54, 1.807) is 0 Å². The molecular weight excluding hydrogens is 322 g/mol. The minimum Gasteiger partial charge on any atom is -0.378 e. The van der Waals surface area contributed by atoms with Crippen molar-refractivity contribution in [1.82, 2.24) is 5.32 Å². The highest BCUT2D eigenvalue weighted by molar-refractivity contribution is 5.76. The molecule has 4 nitrogen and oxygen atoms in total. The van der Waals surface area contributed by atoms with Crippen molar-refractivity contribution in [2.45, 2.75) is 32.2 Å². The molecule has 1 atom stereocenters. The lowest BCUT2D eigenvalue weighted by molar-refractivity contribution is -0.121. The number of para-hydroxylation sites is 1. The molecule has 0 saturated heterocycles. The third kappa shape index (κ3) is 4.01. The Balaban J connectivity index is 1.86. The summed E-state index contributed by atoms with van der Waals surface area (Å²) in [6.45, 7) is 3.66. The van der Waals surface area contributed by atoms with Gasteiger partial charge in [-0.25, -0.2) is 0 Å². The third-order valence-corrected chi connectivity index (χ3v) is 5.06. The monoisotopic (exact) mass is 351 g/mol. The maximum absolute atomic E-state index is 12.0. The molecule has 0 bridgehead atoms. The van der Waals surface area contributed by atoms with Gasteiger partial charge < -0.3 is 15.1 Å². The van der Waals surface area contributed by atoms with Crippen molar-refractivity contribution >= 4 is 17.3 Å². The lowest BCUT2D eigenvalue weighted by atomic mass is 10.0. The van der Waals surface area contributed by atoms with Gasteiger partial charge in [0.15, 0.2) is 0 Å². The normalized spacial score (nSPS) is 14.0. The molecule has 0 aromatic heterocycles. The van der Waals surface area contributed by atoms with E-state index in [0.29, 0.717) is 13.0 Å². The Morgan fingerprint density at radius 3 is 2.58 bits per heavy atom. The molecular formula is C22H29N3O. The van der Waals surface area contributed by atoms with Crippen LogP contribution in [0.3, 0.4) is 0 Å². The van der Waals surface area contributed by atoms with Crippen LogP contribution in [-0.4, -0.2) is 33.1 Å². The van der Waals surface area contributed by atoms with Crippen LogP contribution in [0.4, 0.5) is 11.4 Å². The second-order valence-electron chi connectivity index (χ2n) is 7.13. The van der Waals surface area contributed by atoms with Gasteiger partial charge in [-0.2, -0.15) is 0 Å². The zero-order valence-corrected chi connectivity index (χ0v) is 16.0. The van der Waals surface area contributed by atoms with Crippen molar-refractivity contribution in [2.24, 2.45) is 0 Å².